The van der Waals surface area contributed by atoms with E-state index in [0.29, 0.717) is 12.1 Å². The number of nitrogens with two attached hydrogens (primary N) is 1. The van der Waals surface area contributed by atoms with Gasteiger partial charge >= 0.3 is 7.12 Å². The fourth-order valence-electron chi connectivity index (χ4n) is 3.58. The molecule has 3 aromatic rings. The van der Waals surface area contributed by atoms with Gasteiger partial charge in [0, 0.05) is 30.0 Å². The molecule has 0 bridgehead atoms. The lowest BCUT2D eigenvalue weighted by atomic mass is 9.83. The maximum atomic E-state index is 12.9. The number of aryl methyl sites for hydroxylation is 1. The van der Waals surface area contributed by atoms with Crippen molar-refractivity contribution in [2.45, 2.75) is 25.1 Å². The largest absolute Gasteiger partial charge is 0.536 e. The van der Waals surface area contributed by atoms with Gasteiger partial charge in [-0.05, 0) is 59.9 Å². The van der Waals surface area contributed by atoms with Crippen molar-refractivity contribution in [2.24, 2.45) is 5.73 Å². The van der Waals surface area contributed by atoms with E-state index < -0.39 is 13.0 Å². The van der Waals surface area contributed by atoms with Crippen LogP contribution in [-0.2, 0) is 11.2 Å². The van der Waals surface area contributed by atoms with E-state index in [-0.39, 0.29) is 12.5 Å². The number of carbonyl (C=O) groups excluding carboxylic acids is 1. The van der Waals surface area contributed by atoms with Gasteiger partial charge in [-0.3, -0.25) is 9.78 Å². The van der Waals surface area contributed by atoms with Crippen molar-refractivity contribution in [1.82, 2.24) is 4.98 Å². The van der Waals surface area contributed by atoms with Crippen molar-refractivity contribution in [3.63, 3.8) is 0 Å². The van der Waals surface area contributed by atoms with Crippen LogP contribution < -0.4 is 15.7 Å². The molecule has 0 saturated carbocycles. The first-order chi connectivity index (χ1) is 13.6. The number of fused-ring (bicyclic) bond motifs is 2. The Morgan fingerprint density at radius 3 is 3.00 bits per heavy atom. The summed E-state index contributed by atoms with van der Waals surface area (Å²) in [5.74, 6) is 0.0603. The third-order valence-corrected chi connectivity index (χ3v) is 5.11. The average molecular weight is 375 g/mol. The number of pyridine rings is 1. The number of carbonyl (C=O) groups is 1. The highest BCUT2D eigenvalue weighted by Gasteiger charge is 2.24. The lowest BCUT2D eigenvalue weighted by molar-refractivity contribution is -0.117. The molecule has 7 heteroatoms. The first-order valence-corrected chi connectivity index (χ1v) is 9.46. The van der Waals surface area contributed by atoms with Crippen LogP contribution in [0.25, 0.3) is 10.8 Å². The van der Waals surface area contributed by atoms with Gasteiger partial charge in [-0.15, -0.1) is 0 Å². The predicted octanol–water partition coefficient (Wildman–Crippen LogP) is 2.72. The van der Waals surface area contributed by atoms with Crippen molar-refractivity contribution in [1.29, 1.82) is 0 Å². The molecular weight excluding hydrogens is 353 g/mol. The number of hydrogen-bond acceptors (Lipinski definition) is 5. The van der Waals surface area contributed by atoms with Crippen molar-refractivity contribution in [2.75, 3.05) is 11.9 Å². The molecule has 4 rings (SSSR count). The van der Waals surface area contributed by atoms with Crippen LogP contribution in [0.15, 0.2) is 54.9 Å². The predicted molar refractivity (Wildman–Crippen MR) is 110 cm³/mol. The number of amides is 1. The van der Waals surface area contributed by atoms with Crippen LogP contribution in [0.2, 0.25) is 6.32 Å². The van der Waals surface area contributed by atoms with Crippen LogP contribution in [-0.4, -0.2) is 29.6 Å². The van der Waals surface area contributed by atoms with Gasteiger partial charge in [0.2, 0.25) is 5.91 Å². The summed E-state index contributed by atoms with van der Waals surface area (Å²) in [5.41, 5.74) is 8.51. The molecular formula is C21H22BN3O3. The summed E-state index contributed by atoms with van der Waals surface area (Å²) in [7, 11) is -0.774. The zero-order chi connectivity index (χ0) is 19.5. The molecule has 1 aliphatic rings. The molecule has 1 amide bonds. The van der Waals surface area contributed by atoms with Gasteiger partial charge in [0.05, 0.1) is 5.92 Å². The summed E-state index contributed by atoms with van der Waals surface area (Å²) < 4.78 is 5.54. The maximum absolute atomic E-state index is 12.9. The number of aromatic nitrogens is 1. The Labute approximate surface area is 163 Å². The number of anilines is 1. The van der Waals surface area contributed by atoms with Crippen LogP contribution in [0.3, 0.4) is 0 Å². The van der Waals surface area contributed by atoms with Gasteiger partial charge in [-0.2, -0.15) is 0 Å². The SMILES string of the molecule is NCC(C(=O)Nc1ccc2cnccc2c1)c1ccc2c(c1)CCCB(O)O2. The Morgan fingerprint density at radius 2 is 2.14 bits per heavy atom. The Balaban J connectivity index is 1.56. The lowest BCUT2D eigenvalue weighted by Crippen LogP contribution is -2.27. The van der Waals surface area contributed by atoms with E-state index in [1.165, 1.54) is 0 Å². The summed E-state index contributed by atoms with van der Waals surface area (Å²) >= 11 is 0. The number of nitrogens with one attached hydrogen (secondary N) is 1. The second-order valence-electron chi connectivity index (χ2n) is 7.05. The van der Waals surface area contributed by atoms with Crippen molar-refractivity contribution < 1.29 is 14.5 Å². The zero-order valence-corrected chi connectivity index (χ0v) is 15.5. The Hall–Kier alpha value is -2.90. The number of hydrogen-bond donors (Lipinski definition) is 3. The van der Waals surface area contributed by atoms with E-state index in [2.05, 4.69) is 10.3 Å². The van der Waals surface area contributed by atoms with Crippen LogP contribution in [0, 0.1) is 0 Å². The quantitative estimate of drug-likeness (QED) is 0.610. The Kier molecular flexibility index (Phi) is 5.28. The molecule has 0 saturated heterocycles. The topological polar surface area (TPSA) is 97.5 Å². The van der Waals surface area contributed by atoms with E-state index in [1.807, 2.05) is 42.5 Å². The molecule has 6 nitrogen and oxygen atoms in total. The van der Waals surface area contributed by atoms with Gasteiger partial charge in [-0.25, -0.2) is 0 Å². The Morgan fingerprint density at radius 1 is 1.25 bits per heavy atom. The first kappa shape index (κ1) is 18.5. The molecule has 1 atom stereocenters. The van der Waals surface area contributed by atoms with E-state index in [9.17, 15) is 9.82 Å². The molecule has 1 aliphatic heterocycles. The van der Waals surface area contributed by atoms with E-state index in [0.717, 1.165) is 40.4 Å². The van der Waals surface area contributed by atoms with E-state index in [4.69, 9.17) is 10.4 Å². The van der Waals surface area contributed by atoms with Gasteiger partial charge in [0.1, 0.15) is 5.75 Å². The van der Waals surface area contributed by atoms with Crippen molar-refractivity contribution in [3.8, 4) is 5.75 Å². The fourth-order valence-corrected chi connectivity index (χ4v) is 3.58. The molecule has 2 aromatic carbocycles. The molecule has 4 N–H and O–H groups in total. The van der Waals surface area contributed by atoms with Gasteiger partial charge < -0.3 is 20.7 Å². The molecule has 0 aliphatic carbocycles. The first-order valence-electron chi connectivity index (χ1n) is 9.46. The second kappa shape index (κ2) is 8.00. The molecule has 0 spiro atoms. The molecule has 1 unspecified atom stereocenters. The molecule has 0 fully saturated rings. The summed E-state index contributed by atoms with van der Waals surface area (Å²) in [6.45, 7) is 0.200. The van der Waals surface area contributed by atoms with Gasteiger partial charge in [0.25, 0.3) is 0 Å². The minimum Gasteiger partial charge on any atom is -0.536 e. The molecule has 142 valence electrons. The van der Waals surface area contributed by atoms with Gasteiger partial charge in [-0.1, -0.05) is 18.2 Å². The normalized spacial score (nSPS) is 14.7. The minimum absolute atomic E-state index is 0.148. The van der Waals surface area contributed by atoms with E-state index >= 15 is 0 Å². The maximum Gasteiger partial charge on any atom is 0.522 e. The summed E-state index contributed by atoms with van der Waals surface area (Å²) in [6, 6.07) is 13.3. The summed E-state index contributed by atoms with van der Waals surface area (Å²) in [4.78, 5) is 17.0. The number of nitrogens with zero attached hydrogens (tertiary/aromatic N) is 1. The highest BCUT2D eigenvalue weighted by Crippen LogP contribution is 2.29. The number of benzene rings is 2. The third-order valence-electron chi connectivity index (χ3n) is 5.11. The summed E-state index contributed by atoms with van der Waals surface area (Å²) in [6.07, 6.45) is 5.76. The van der Waals surface area contributed by atoms with E-state index in [1.54, 1.807) is 12.4 Å². The molecule has 2 heterocycles. The fraction of sp³-hybridized carbons (Fsp3) is 0.238. The average Bonchev–Trinajstić information content (AvgIpc) is 2.88. The second-order valence-corrected chi connectivity index (χ2v) is 7.05. The highest BCUT2D eigenvalue weighted by atomic mass is 16.5. The van der Waals surface area contributed by atoms with Gasteiger partial charge in [0.15, 0.2) is 0 Å². The number of rotatable bonds is 4. The molecule has 0 radical (unpaired) electrons. The van der Waals surface area contributed by atoms with Crippen LogP contribution >= 0.6 is 0 Å². The van der Waals surface area contributed by atoms with Crippen LogP contribution in [0.1, 0.15) is 23.5 Å². The summed E-state index contributed by atoms with van der Waals surface area (Å²) in [5, 5.41) is 14.8. The van der Waals surface area contributed by atoms with Crippen molar-refractivity contribution in [3.05, 3.63) is 66.0 Å². The third kappa shape index (κ3) is 3.86. The van der Waals surface area contributed by atoms with Crippen molar-refractivity contribution >= 4 is 29.5 Å². The lowest BCUT2D eigenvalue weighted by Gasteiger charge is -2.18. The highest BCUT2D eigenvalue weighted by molar-refractivity contribution is 6.43. The monoisotopic (exact) mass is 375 g/mol. The Bertz CT molecular complexity index is 1010. The van der Waals surface area contributed by atoms with Crippen LogP contribution in [0.5, 0.6) is 5.75 Å². The minimum atomic E-state index is -0.774. The van der Waals surface area contributed by atoms with Crippen LogP contribution in [0.4, 0.5) is 5.69 Å². The zero-order valence-electron chi connectivity index (χ0n) is 15.5. The standard InChI is InChI=1S/C21H22BN3O3/c23-12-19(15-4-6-20-16(10-15)2-1-8-22(27)28-20)21(26)25-18-5-3-17-13-24-9-7-14(17)11-18/h3-7,9-11,13,19,27H,1-2,8,12,23H2,(H,25,26). The molecule has 28 heavy (non-hydrogen) atoms. The molecule has 1 aromatic heterocycles. The smallest absolute Gasteiger partial charge is 0.522 e.